The Kier molecular flexibility index (Phi) is 5.95. The van der Waals surface area contributed by atoms with E-state index in [1.165, 1.54) is 0 Å². The first kappa shape index (κ1) is 14.9. The van der Waals surface area contributed by atoms with Gasteiger partial charge in [0.1, 0.15) is 5.75 Å². The lowest BCUT2D eigenvalue weighted by molar-refractivity contribution is 0.0398. The normalized spacial score (nSPS) is 16.1. The number of nitrogens with one attached hydrogen (secondary N) is 1. The highest BCUT2D eigenvalue weighted by atomic mass is 16.5. The summed E-state index contributed by atoms with van der Waals surface area (Å²) in [6.07, 6.45) is 0.980. The van der Waals surface area contributed by atoms with E-state index in [1.54, 1.807) is 0 Å². The van der Waals surface area contributed by atoms with Crippen molar-refractivity contribution in [2.75, 3.05) is 57.1 Å². The first-order valence-corrected chi connectivity index (χ1v) is 7.36. The van der Waals surface area contributed by atoms with Crippen molar-refractivity contribution in [3.8, 4) is 5.75 Å². The molecule has 0 radical (unpaired) electrons. The smallest absolute Gasteiger partial charge is 0.144 e. The van der Waals surface area contributed by atoms with Gasteiger partial charge in [-0.3, -0.25) is 4.90 Å². The Morgan fingerprint density at radius 1 is 1.35 bits per heavy atom. The van der Waals surface area contributed by atoms with Crippen LogP contribution in [0.15, 0.2) is 18.2 Å². The standard InChI is InChI=1S/C15H25N3O2/c1-2-9-20-15-12-13(3-4-14(15)16)17-5-6-18-7-10-19-11-8-18/h3-4,12,17H,2,5-11,16H2,1H3. The predicted molar refractivity (Wildman–Crippen MR) is 82.4 cm³/mol. The summed E-state index contributed by atoms with van der Waals surface area (Å²) in [6, 6.07) is 5.86. The first-order valence-electron chi connectivity index (χ1n) is 7.36. The summed E-state index contributed by atoms with van der Waals surface area (Å²) >= 11 is 0. The summed E-state index contributed by atoms with van der Waals surface area (Å²) in [4.78, 5) is 2.41. The van der Waals surface area contributed by atoms with E-state index in [2.05, 4.69) is 17.1 Å². The molecule has 5 nitrogen and oxygen atoms in total. The first-order chi connectivity index (χ1) is 9.79. The molecule has 1 fully saturated rings. The van der Waals surface area contributed by atoms with Gasteiger partial charge in [-0.05, 0) is 18.6 Å². The Bertz CT molecular complexity index is 406. The fourth-order valence-corrected chi connectivity index (χ4v) is 2.16. The largest absolute Gasteiger partial charge is 0.491 e. The molecule has 1 aromatic rings. The third-order valence-corrected chi connectivity index (χ3v) is 3.34. The van der Waals surface area contributed by atoms with E-state index in [0.717, 1.165) is 57.3 Å². The van der Waals surface area contributed by atoms with Crippen LogP contribution in [-0.2, 0) is 4.74 Å². The van der Waals surface area contributed by atoms with Crippen molar-refractivity contribution < 1.29 is 9.47 Å². The van der Waals surface area contributed by atoms with Crippen LogP contribution in [0.4, 0.5) is 11.4 Å². The zero-order valence-electron chi connectivity index (χ0n) is 12.2. The number of rotatable bonds is 7. The molecule has 5 heteroatoms. The van der Waals surface area contributed by atoms with Gasteiger partial charge in [-0.2, -0.15) is 0 Å². The summed E-state index contributed by atoms with van der Waals surface area (Å²) in [6.45, 7) is 8.45. The van der Waals surface area contributed by atoms with Crippen LogP contribution in [0.2, 0.25) is 0 Å². The molecule has 2 rings (SSSR count). The summed E-state index contributed by atoms with van der Waals surface area (Å²) in [5.74, 6) is 0.767. The van der Waals surface area contributed by atoms with Crippen LogP contribution in [0.5, 0.6) is 5.75 Å². The number of nitrogen functional groups attached to an aromatic ring is 1. The average molecular weight is 279 g/mol. The Balaban J connectivity index is 1.79. The summed E-state index contributed by atoms with van der Waals surface area (Å²) in [7, 11) is 0. The number of nitrogens with zero attached hydrogens (tertiary/aromatic N) is 1. The highest BCUT2D eigenvalue weighted by molar-refractivity contribution is 5.61. The zero-order chi connectivity index (χ0) is 14.2. The lowest BCUT2D eigenvalue weighted by Crippen LogP contribution is -2.39. The van der Waals surface area contributed by atoms with Gasteiger partial charge in [-0.15, -0.1) is 0 Å². The minimum absolute atomic E-state index is 0.692. The highest BCUT2D eigenvalue weighted by Crippen LogP contribution is 2.25. The number of anilines is 2. The van der Waals surface area contributed by atoms with Crippen molar-refractivity contribution in [1.82, 2.24) is 4.90 Å². The summed E-state index contributed by atoms with van der Waals surface area (Å²) < 4.78 is 11.0. The van der Waals surface area contributed by atoms with Crippen LogP contribution in [0.3, 0.4) is 0 Å². The van der Waals surface area contributed by atoms with E-state index in [4.69, 9.17) is 15.2 Å². The van der Waals surface area contributed by atoms with Crippen molar-refractivity contribution in [3.05, 3.63) is 18.2 Å². The SMILES string of the molecule is CCCOc1cc(NCCN2CCOCC2)ccc1N. The Hall–Kier alpha value is -1.46. The van der Waals surface area contributed by atoms with Crippen LogP contribution >= 0.6 is 0 Å². The minimum Gasteiger partial charge on any atom is -0.491 e. The lowest BCUT2D eigenvalue weighted by Gasteiger charge is -2.26. The maximum absolute atomic E-state index is 5.90. The minimum atomic E-state index is 0.692. The van der Waals surface area contributed by atoms with Crippen LogP contribution < -0.4 is 15.8 Å². The van der Waals surface area contributed by atoms with Crippen LogP contribution in [0, 0.1) is 0 Å². The van der Waals surface area contributed by atoms with Gasteiger partial charge in [-0.25, -0.2) is 0 Å². The monoisotopic (exact) mass is 279 g/mol. The molecule has 0 spiro atoms. The van der Waals surface area contributed by atoms with Crippen molar-refractivity contribution in [3.63, 3.8) is 0 Å². The van der Waals surface area contributed by atoms with E-state index in [0.29, 0.717) is 12.3 Å². The molecule has 1 aliphatic heterocycles. The van der Waals surface area contributed by atoms with E-state index in [-0.39, 0.29) is 0 Å². The van der Waals surface area contributed by atoms with E-state index in [1.807, 2.05) is 18.2 Å². The fraction of sp³-hybridized carbons (Fsp3) is 0.600. The molecule has 1 aromatic carbocycles. The maximum Gasteiger partial charge on any atom is 0.144 e. The van der Waals surface area contributed by atoms with Gasteiger partial charge in [0.05, 0.1) is 25.5 Å². The summed E-state index contributed by atoms with van der Waals surface area (Å²) in [5, 5.41) is 3.42. The Labute approximate surface area is 121 Å². The van der Waals surface area contributed by atoms with Gasteiger partial charge in [0, 0.05) is 37.9 Å². The van der Waals surface area contributed by atoms with E-state index in [9.17, 15) is 0 Å². The average Bonchev–Trinajstić information content (AvgIpc) is 2.49. The molecule has 0 saturated carbocycles. The van der Waals surface area contributed by atoms with Gasteiger partial charge in [-0.1, -0.05) is 6.92 Å². The van der Waals surface area contributed by atoms with Crippen molar-refractivity contribution in [1.29, 1.82) is 0 Å². The second-order valence-corrected chi connectivity index (χ2v) is 4.98. The number of morpholine rings is 1. The Morgan fingerprint density at radius 2 is 2.15 bits per heavy atom. The molecule has 1 saturated heterocycles. The molecular weight excluding hydrogens is 254 g/mol. The topological polar surface area (TPSA) is 59.8 Å². The second-order valence-electron chi connectivity index (χ2n) is 4.98. The molecule has 0 atom stereocenters. The molecule has 20 heavy (non-hydrogen) atoms. The highest BCUT2D eigenvalue weighted by Gasteiger charge is 2.09. The molecule has 0 bridgehead atoms. The maximum atomic E-state index is 5.90. The molecule has 0 amide bonds. The molecule has 112 valence electrons. The van der Waals surface area contributed by atoms with E-state index >= 15 is 0 Å². The summed E-state index contributed by atoms with van der Waals surface area (Å²) in [5.41, 5.74) is 7.65. The number of nitrogens with two attached hydrogens (primary N) is 1. The predicted octanol–water partition coefficient (Wildman–Crippen LogP) is 1.80. The lowest BCUT2D eigenvalue weighted by atomic mass is 10.2. The number of hydrogen-bond acceptors (Lipinski definition) is 5. The number of benzene rings is 1. The molecular formula is C15H25N3O2. The zero-order valence-corrected chi connectivity index (χ0v) is 12.2. The quantitative estimate of drug-likeness (QED) is 0.745. The van der Waals surface area contributed by atoms with Crippen molar-refractivity contribution in [2.24, 2.45) is 0 Å². The molecule has 0 unspecified atom stereocenters. The third-order valence-electron chi connectivity index (χ3n) is 3.34. The number of hydrogen-bond donors (Lipinski definition) is 2. The van der Waals surface area contributed by atoms with Gasteiger partial charge in [0.2, 0.25) is 0 Å². The molecule has 0 aromatic heterocycles. The molecule has 1 heterocycles. The molecule has 3 N–H and O–H groups in total. The van der Waals surface area contributed by atoms with Gasteiger partial charge in [0.25, 0.3) is 0 Å². The fourth-order valence-electron chi connectivity index (χ4n) is 2.16. The van der Waals surface area contributed by atoms with Crippen LogP contribution in [0.25, 0.3) is 0 Å². The van der Waals surface area contributed by atoms with E-state index < -0.39 is 0 Å². The van der Waals surface area contributed by atoms with Crippen LogP contribution in [-0.4, -0.2) is 50.9 Å². The van der Waals surface area contributed by atoms with Crippen LogP contribution in [0.1, 0.15) is 13.3 Å². The molecule has 0 aliphatic carbocycles. The van der Waals surface area contributed by atoms with Crippen molar-refractivity contribution in [2.45, 2.75) is 13.3 Å². The number of ether oxygens (including phenoxy) is 2. The van der Waals surface area contributed by atoms with Gasteiger partial charge in [0.15, 0.2) is 0 Å². The Morgan fingerprint density at radius 3 is 2.90 bits per heavy atom. The van der Waals surface area contributed by atoms with Gasteiger partial charge >= 0.3 is 0 Å². The second kappa shape index (κ2) is 7.97. The third kappa shape index (κ3) is 4.58. The molecule has 1 aliphatic rings. The van der Waals surface area contributed by atoms with Gasteiger partial charge < -0.3 is 20.5 Å². The van der Waals surface area contributed by atoms with Crippen molar-refractivity contribution >= 4 is 11.4 Å².